The summed E-state index contributed by atoms with van der Waals surface area (Å²) in [5.41, 5.74) is 3.78. The standard InChI is InChI=1S/C21H29N7/c1-16-13-19(18-7-8-22-15-23-18)24-21(26(16)4)28-12-11-25(3)20(14-28)17(2)27-9-5-6-10-27/h7-8,13,15,20H,1-2,5-6,9-12,14H2,3-4H3. The van der Waals surface area contributed by atoms with Gasteiger partial charge in [0.1, 0.15) is 6.33 Å². The van der Waals surface area contributed by atoms with Crippen LogP contribution < -0.4 is 0 Å². The van der Waals surface area contributed by atoms with E-state index in [1.165, 1.54) is 18.5 Å². The van der Waals surface area contributed by atoms with Gasteiger partial charge in [0.05, 0.1) is 17.4 Å². The fourth-order valence-electron chi connectivity index (χ4n) is 4.08. The van der Waals surface area contributed by atoms with Crippen molar-refractivity contribution in [3.05, 3.63) is 54.9 Å². The Morgan fingerprint density at radius 2 is 1.93 bits per heavy atom. The molecule has 7 heteroatoms. The Morgan fingerprint density at radius 1 is 1.14 bits per heavy atom. The van der Waals surface area contributed by atoms with E-state index in [-0.39, 0.29) is 0 Å². The van der Waals surface area contributed by atoms with Gasteiger partial charge in [0.25, 0.3) is 0 Å². The van der Waals surface area contributed by atoms with Crippen LogP contribution in [0.4, 0.5) is 0 Å². The van der Waals surface area contributed by atoms with Crippen molar-refractivity contribution < 1.29 is 0 Å². The van der Waals surface area contributed by atoms with Crippen molar-refractivity contribution in [2.45, 2.75) is 18.9 Å². The lowest BCUT2D eigenvalue weighted by molar-refractivity contribution is 0.135. The lowest BCUT2D eigenvalue weighted by atomic mass is 10.1. The number of likely N-dealkylation sites (N-methyl/N-ethyl adjacent to an activating group) is 2. The molecule has 0 aliphatic carbocycles. The van der Waals surface area contributed by atoms with Crippen molar-refractivity contribution in [1.82, 2.24) is 29.6 Å². The van der Waals surface area contributed by atoms with Crippen molar-refractivity contribution >= 4 is 11.7 Å². The molecule has 0 spiro atoms. The molecule has 1 atom stereocenters. The van der Waals surface area contributed by atoms with Crippen LogP contribution >= 0.6 is 0 Å². The predicted molar refractivity (Wildman–Crippen MR) is 112 cm³/mol. The molecule has 1 aromatic heterocycles. The topological polar surface area (TPSA) is 51.1 Å². The summed E-state index contributed by atoms with van der Waals surface area (Å²) in [6.07, 6.45) is 7.80. The number of nitrogens with zero attached hydrogens (tertiary/aromatic N) is 7. The summed E-state index contributed by atoms with van der Waals surface area (Å²) in [5, 5.41) is 0. The number of hydrogen-bond acceptors (Lipinski definition) is 7. The molecule has 3 aliphatic rings. The van der Waals surface area contributed by atoms with Crippen LogP contribution in [0.5, 0.6) is 0 Å². The number of likely N-dealkylation sites (tertiary alicyclic amines) is 1. The Kier molecular flexibility index (Phi) is 5.17. The molecule has 2 fully saturated rings. The maximum atomic E-state index is 4.94. The van der Waals surface area contributed by atoms with E-state index >= 15 is 0 Å². The molecule has 0 radical (unpaired) electrons. The van der Waals surface area contributed by atoms with Crippen LogP contribution in [0.25, 0.3) is 5.70 Å². The predicted octanol–water partition coefficient (Wildman–Crippen LogP) is 1.86. The maximum Gasteiger partial charge on any atom is 0.206 e. The average molecular weight is 380 g/mol. The van der Waals surface area contributed by atoms with Gasteiger partial charge in [0, 0.05) is 57.4 Å². The van der Waals surface area contributed by atoms with E-state index < -0.39 is 0 Å². The molecule has 0 aromatic carbocycles. The quantitative estimate of drug-likeness (QED) is 0.799. The van der Waals surface area contributed by atoms with Crippen LogP contribution in [0.2, 0.25) is 0 Å². The lowest BCUT2D eigenvalue weighted by Gasteiger charge is -2.45. The van der Waals surface area contributed by atoms with Gasteiger partial charge in [-0.1, -0.05) is 13.2 Å². The Hall–Kier alpha value is -2.67. The zero-order chi connectivity index (χ0) is 19.7. The fraction of sp³-hybridized carbons (Fsp3) is 0.476. The summed E-state index contributed by atoms with van der Waals surface area (Å²) >= 11 is 0. The summed E-state index contributed by atoms with van der Waals surface area (Å²) in [4.78, 5) is 22.6. The summed E-state index contributed by atoms with van der Waals surface area (Å²) in [7, 11) is 4.22. The molecule has 2 saturated heterocycles. The monoisotopic (exact) mass is 379 g/mol. The molecule has 4 heterocycles. The van der Waals surface area contributed by atoms with Gasteiger partial charge in [-0.15, -0.1) is 0 Å². The SMILES string of the molecule is C=C(C1CN(C2=NC(c3ccncn3)=CC(=C)N2C)CCN1C)N1CCCC1. The molecule has 1 aromatic rings. The fourth-order valence-corrected chi connectivity index (χ4v) is 4.08. The van der Waals surface area contributed by atoms with Gasteiger partial charge in [0.15, 0.2) is 0 Å². The van der Waals surface area contributed by atoms with Crippen molar-refractivity contribution in [3.8, 4) is 0 Å². The van der Waals surface area contributed by atoms with Crippen LogP contribution in [0.3, 0.4) is 0 Å². The normalized spacial score (nSPS) is 23.7. The van der Waals surface area contributed by atoms with Crippen LogP contribution in [0.1, 0.15) is 18.5 Å². The Balaban J connectivity index is 1.58. The van der Waals surface area contributed by atoms with Crippen molar-refractivity contribution in [2.75, 3.05) is 46.8 Å². The lowest BCUT2D eigenvalue weighted by Crippen LogP contribution is -2.58. The van der Waals surface area contributed by atoms with E-state index in [9.17, 15) is 0 Å². The number of aromatic nitrogens is 2. The van der Waals surface area contributed by atoms with Gasteiger partial charge in [-0.25, -0.2) is 15.0 Å². The number of rotatable bonds is 3. The van der Waals surface area contributed by atoms with Gasteiger partial charge < -0.3 is 14.7 Å². The van der Waals surface area contributed by atoms with Gasteiger partial charge in [-0.2, -0.15) is 0 Å². The van der Waals surface area contributed by atoms with Crippen LogP contribution in [0, 0.1) is 0 Å². The van der Waals surface area contributed by atoms with Gasteiger partial charge in [-0.05, 0) is 32.0 Å². The molecular formula is C21H29N7. The van der Waals surface area contributed by atoms with Gasteiger partial charge in [0.2, 0.25) is 5.96 Å². The molecule has 4 rings (SSSR count). The summed E-state index contributed by atoms with van der Waals surface area (Å²) in [6.45, 7) is 13.7. The third kappa shape index (κ3) is 3.54. The molecule has 28 heavy (non-hydrogen) atoms. The number of hydrogen-bond donors (Lipinski definition) is 0. The zero-order valence-electron chi connectivity index (χ0n) is 16.9. The van der Waals surface area contributed by atoms with E-state index in [0.29, 0.717) is 6.04 Å². The molecule has 0 saturated carbocycles. The highest BCUT2D eigenvalue weighted by Crippen LogP contribution is 2.26. The van der Waals surface area contributed by atoms with Gasteiger partial charge in [-0.3, -0.25) is 4.90 Å². The first-order chi connectivity index (χ1) is 13.5. The van der Waals surface area contributed by atoms with Crippen LogP contribution in [-0.4, -0.2) is 88.4 Å². The minimum Gasteiger partial charge on any atom is -0.374 e. The smallest absolute Gasteiger partial charge is 0.206 e. The second kappa shape index (κ2) is 7.75. The number of aliphatic imine (C=N–C) groups is 1. The second-order valence-electron chi connectivity index (χ2n) is 7.71. The number of allylic oxidation sites excluding steroid dienone is 1. The van der Waals surface area contributed by atoms with E-state index in [1.807, 2.05) is 19.2 Å². The molecule has 0 amide bonds. The number of guanidine groups is 1. The van der Waals surface area contributed by atoms with Crippen molar-refractivity contribution in [3.63, 3.8) is 0 Å². The van der Waals surface area contributed by atoms with Gasteiger partial charge >= 0.3 is 0 Å². The first kappa shape index (κ1) is 18.7. The summed E-state index contributed by atoms with van der Waals surface area (Å²) in [5.74, 6) is 0.924. The van der Waals surface area contributed by atoms with Crippen LogP contribution in [0.15, 0.2) is 54.2 Å². The van der Waals surface area contributed by atoms with E-state index in [4.69, 9.17) is 4.99 Å². The molecule has 0 N–H and O–H groups in total. The first-order valence-corrected chi connectivity index (χ1v) is 9.93. The molecule has 3 aliphatic heterocycles. The molecule has 148 valence electrons. The molecule has 1 unspecified atom stereocenters. The van der Waals surface area contributed by atoms with Crippen LogP contribution in [-0.2, 0) is 0 Å². The Labute approximate surface area is 167 Å². The van der Waals surface area contributed by atoms with E-state index in [0.717, 1.165) is 55.8 Å². The Morgan fingerprint density at radius 3 is 2.64 bits per heavy atom. The summed E-state index contributed by atoms with van der Waals surface area (Å²) < 4.78 is 0. The molecule has 0 bridgehead atoms. The highest BCUT2D eigenvalue weighted by molar-refractivity contribution is 5.90. The molecular weight excluding hydrogens is 350 g/mol. The molecule has 7 nitrogen and oxygen atoms in total. The van der Waals surface area contributed by atoms with Crippen molar-refractivity contribution in [1.29, 1.82) is 0 Å². The largest absolute Gasteiger partial charge is 0.374 e. The average Bonchev–Trinajstić information content (AvgIpc) is 3.25. The maximum absolute atomic E-state index is 4.94. The summed E-state index contributed by atoms with van der Waals surface area (Å²) in [6, 6.07) is 2.18. The first-order valence-electron chi connectivity index (χ1n) is 9.93. The van der Waals surface area contributed by atoms with Crippen molar-refractivity contribution in [2.24, 2.45) is 4.99 Å². The number of piperazine rings is 1. The van der Waals surface area contributed by atoms with E-state index in [2.05, 4.69) is 49.8 Å². The highest BCUT2D eigenvalue weighted by atomic mass is 15.4. The second-order valence-corrected chi connectivity index (χ2v) is 7.71. The minimum atomic E-state index is 0.296. The minimum absolute atomic E-state index is 0.296. The zero-order valence-corrected chi connectivity index (χ0v) is 16.9. The highest BCUT2D eigenvalue weighted by Gasteiger charge is 2.33. The third-order valence-corrected chi connectivity index (χ3v) is 5.93. The Bertz CT molecular complexity index is 807. The van der Waals surface area contributed by atoms with E-state index in [1.54, 1.807) is 12.5 Å². The third-order valence-electron chi connectivity index (χ3n) is 5.93.